The summed E-state index contributed by atoms with van der Waals surface area (Å²) in [6.45, 7) is 8.89. The van der Waals surface area contributed by atoms with Gasteiger partial charge in [-0.05, 0) is 33.6 Å². The lowest BCUT2D eigenvalue weighted by atomic mass is 10.4. The van der Waals surface area contributed by atoms with Crippen LogP contribution in [0.2, 0.25) is 0 Å². The Morgan fingerprint density at radius 3 is 1.91 bits per heavy atom. The Bertz CT molecular complexity index is 60.4. The third-order valence-electron chi connectivity index (χ3n) is 1.33. The quantitative estimate of drug-likeness (QED) is 0.616. The molecule has 0 aromatic heterocycles. The van der Waals surface area contributed by atoms with E-state index in [1.165, 1.54) is 12.8 Å². The van der Waals surface area contributed by atoms with Crippen LogP contribution in [0.15, 0.2) is 0 Å². The number of hydrogen-bond acceptors (Lipinski definition) is 2. The fourth-order valence-electron chi connectivity index (χ4n) is 0.844. The van der Waals surface area contributed by atoms with Crippen molar-refractivity contribution in [1.82, 2.24) is 0 Å². The van der Waals surface area contributed by atoms with Gasteiger partial charge in [0.15, 0.2) is 0 Å². The van der Waals surface area contributed by atoms with Gasteiger partial charge in [0.1, 0.15) is 0 Å². The first-order valence-electron chi connectivity index (χ1n) is 4.46. The Balaban J connectivity index is 0.000000183. The van der Waals surface area contributed by atoms with Crippen LogP contribution in [0.3, 0.4) is 0 Å². The molecule has 1 heterocycles. The maximum Gasteiger partial charge on any atom is 0.0518 e. The first kappa shape index (κ1) is 10.9. The van der Waals surface area contributed by atoms with Crippen molar-refractivity contribution in [2.75, 3.05) is 19.8 Å². The highest BCUT2D eigenvalue weighted by Gasteiger charge is 1.94. The lowest BCUT2D eigenvalue weighted by Gasteiger charge is -2.00. The molecule has 0 aromatic rings. The van der Waals surface area contributed by atoms with Crippen molar-refractivity contribution in [2.45, 2.75) is 39.7 Å². The molecule has 0 bridgehead atoms. The summed E-state index contributed by atoms with van der Waals surface area (Å²) in [7, 11) is 0. The molecule has 2 nitrogen and oxygen atoms in total. The van der Waals surface area contributed by atoms with Gasteiger partial charge >= 0.3 is 0 Å². The van der Waals surface area contributed by atoms with Crippen LogP contribution in [0.1, 0.15) is 33.6 Å². The van der Waals surface area contributed by atoms with Gasteiger partial charge in [0.25, 0.3) is 0 Å². The van der Waals surface area contributed by atoms with Crippen molar-refractivity contribution >= 4 is 0 Å². The zero-order valence-electron chi connectivity index (χ0n) is 7.93. The zero-order chi connectivity index (χ0) is 8.53. The summed E-state index contributed by atoms with van der Waals surface area (Å²) >= 11 is 0. The third-order valence-corrected chi connectivity index (χ3v) is 1.33. The molecule has 0 radical (unpaired) electrons. The standard InChI is InChI=1S/C5H12O.C4H8O/c1-4-6-5(2)3;1-2-4-5-3-1/h5H,4H2,1-3H3;1-4H2. The molecule has 2 heteroatoms. The average Bonchev–Trinajstić information content (AvgIpc) is 2.41. The van der Waals surface area contributed by atoms with E-state index in [2.05, 4.69) is 0 Å². The van der Waals surface area contributed by atoms with Crippen molar-refractivity contribution < 1.29 is 9.47 Å². The second-order valence-electron chi connectivity index (χ2n) is 2.82. The predicted molar refractivity (Wildman–Crippen MR) is 46.8 cm³/mol. The minimum Gasteiger partial charge on any atom is -0.381 e. The van der Waals surface area contributed by atoms with Crippen LogP contribution >= 0.6 is 0 Å². The van der Waals surface area contributed by atoms with Crippen LogP contribution < -0.4 is 0 Å². The fourth-order valence-corrected chi connectivity index (χ4v) is 0.844. The Hall–Kier alpha value is -0.0800. The molecule has 0 saturated carbocycles. The van der Waals surface area contributed by atoms with Crippen LogP contribution in [0.25, 0.3) is 0 Å². The molecule has 68 valence electrons. The first-order chi connectivity index (χ1) is 5.27. The third kappa shape index (κ3) is 9.92. The minimum absolute atomic E-state index is 0.398. The number of rotatable bonds is 2. The first-order valence-corrected chi connectivity index (χ1v) is 4.46. The lowest BCUT2D eigenvalue weighted by molar-refractivity contribution is 0.0899. The normalized spacial score (nSPS) is 16.4. The van der Waals surface area contributed by atoms with Crippen molar-refractivity contribution in [3.63, 3.8) is 0 Å². The Kier molecular flexibility index (Phi) is 7.96. The van der Waals surface area contributed by atoms with Crippen molar-refractivity contribution in [1.29, 1.82) is 0 Å². The molecule has 0 spiro atoms. The van der Waals surface area contributed by atoms with Crippen molar-refractivity contribution in [3.05, 3.63) is 0 Å². The highest BCUT2D eigenvalue weighted by atomic mass is 16.5. The number of ether oxygens (including phenoxy) is 2. The van der Waals surface area contributed by atoms with Gasteiger partial charge in [0.2, 0.25) is 0 Å². The van der Waals surface area contributed by atoms with Gasteiger partial charge < -0.3 is 9.47 Å². The van der Waals surface area contributed by atoms with E-state index in [0.717, 1.165) is 19.8 Å². The minimum atomic E-state index is 0.398. The molecule has 1 fully saturated rings. The molecule has 11 heavy (non-hydrogen) atoms. The molecule has 1 aliphatic heterocycles. The monoisotopic (exact) mass is 160 g/mol. The SMILES string of the molecule is C1CCOC1.CCOC(C)C. The van der Waals surface area contributed by atoms with E-state index in [-0.39, 0.29) is 0 Å². The Morgan fingerprint density at radius 2 is 1.82 bits per heavy atom. The molecule has 1 aliphatic rings. The van der Waals surface area contributed by atoms with Gasteiger partial charge in [-0.1, -0.05) is 0 Å². The highest BCUT2D eigenvalue weighted by molar-refractivity contribution is 4.43. The molecule has 1 rings (SSSR count). The largest absolute Gasteiger partial charge is 0.381 e. The fraction of sp³-hybridized carbons (Fsp3) is 1.00. The molecule has 0 N–H and O–H groups in total. The zero-order valence-corrected chi connectivity index (χ0v) is 7.93. The molecule has 0 unspecified atom stereocenters. The van der Waals surface area contributed by atoms with E-state index in [1.54, 1.807) is 0 Å². The summed E-state index contributed by atoms with van der Waals surface area (Å²) in [6.07, 6.45) is 2.95. The van der Waals surface area contributed by atoms with E-state index in [9.17, 15) is 0 Å². The Morgan fingerprint density at radius 1 is 1.27 bits per heavy atom. The van der Waals surface area contributed by atoms with E-state index < -0.39 is 0 Å². The predicted octanol–water partition coefficient (Wildman–Crippen LogP) is 2.23. The maximum absolute atomic E-state index is 5.04. The summed E-state index contributed by atoms with van der Waals surface area (Å²) < 4.78 is 9.99. The van der Waals surface area contributed by atoms with Gasteiger partial charge in [-0.3, -0.25) is 0 Å². The van der Waals surface area contributed by atoms with E-state index in [4.69, 9.17) is 9.47 Å². The Labute approximate surface area is 69.9 Å². The average molecular weight is 160 g/mol. The summed E-state index contributed by atoms with van der Waals surface area (Å²) in [4.78, 5) is 0. The highest BCUT2D eigenvalue weighted by Crippen LogP contribution is 1.98. The summed E-state index contributed by atoms with van der Waals surface area (Å²) in [5.41, 5.74) is 0. The summed E-state index contributed by atoms with van der Waals surface area (Å²) in [6, 6.07) is 0. The van der Waals surface area contributed by atoms with Crippen molar-refractivity contribution in [2.24, 2.45) is 0 Å². The van der Waals surface area contributed by atoms with Gasteiger partial charge in [0.05, 0.1) is 6.10 Å². The molecular formula is C9H20O2. The molecule has 0 atom stereocenters. The molecule has 0 aromatic carbocycles. The summed E-state index contributed by atoms with van der Waals surface area (Å²) in [5, 5.41) is 0. The topological polar surface area (TPSA) is 18.5 Å². The second-order valence-corrected chi connectivity index (χ2v) is 2.82. The van der Waals surface area contributed by atoms with Gasteiger partial charge in [0, 0.05) is 19.8 Å². The van der Waals surface area contributed by atoms with E-state index >= 15 is 0 Å². The summed E-state index contributed by atoms with van der Waals surface area (Å²) in [5.74, 6) is 0. The van der Waals surface area contributed by atoms with Crippen LogP contribution in [0, 0.1) is 0 Å². The molecule has 0 amide bonds. The molecule has 0 aliphatic carbocycles. The lowest BCUT2D eigenvalue weighted by Crippen LogP contribution is -1.99. The molecular weight excluding hydrogens is 140 g/mol. The smallest absolute Gasteiger partial charge is 0.0518 e. The van der Waals surface area contributed by atoms with E-state index in [0.29, 0.717) is 6.10 Å². The number of hydrogen-bond donors (Lipinski definition) is 0. The van der Waals surface area contributed by atoms with Crippen LogP contribution in [-0.4, -0.2) is 25.9 Å². The molecule has 1 saturated heterocycles. The van der Waals surface area contributed by atoms with E-state index in [1.807, 2.05) is 20.8 Å². The van der Waals surface area contributed by atoms with Gasteiger partial charge in [-0.15, -0.1) is 0 Å². The maximum atomic E-state index is 5.04. The van der Waals surface area contributed by atoms with Crippen molar-refractivity contribution in [3.8, 4) is 0 Å². The van der Waals surface area contributed by atoms with Crippen LogP contribution in [-0.2, 0) is 9.47 Å². The van der Waals surface area contributed by atoms with Crippen LogP contribution in [0.5, 0.6) is 0 Å². The van der Waals surface area contributed by atoms with Gasteiger partial charge in [-0.25, -0.2) is 0 Å². The van der Waals surface area contributed by atoms with Gasteiger partial charge in [-0.2, -0.15) is 0 Å². The van der Waals surface area contributed by atoms with Crippen LogP contribution in [0.4, 0.5) is 0 Å². The second kappa shape index (κ2) is 8.02.